The molecule has 1 amide bonds. The SMILES string of the molecule is C/C(=N/NC(=O)COc1ccccc1C#N)c1ccccc1. The first-order valence-electron chi connectivity index (χ1n) is 6.71. The summed E-state index contributed by atoms with van der Waals surface area (Å²) in [6.45, 7) is 1.60. The lowest BCUT2D eigenvalue weighted by Crippen LogP contribution is -2.25. The van der Waals surface area contributed by atoms with Crippen LogP contribution >= 0.6 is 0 Å². The van der Waals surface area contributed by atoms with Crippen molar-refractivity contribution in [3.05, 3.63) is 65.7 Å². The largest absolute Gasteiger partial charge is 0.482 e. The molecule has 1 N–H and O–H groups in total. The Morgan fingerprint density at radius 1 is 1.18 bits per heavy atom. The fraction of sp³-hybridized carbons (Fsp3) is 0.118. The van der Waals surface area contributed by atoms with Gasteiger partial charge in [-0.05, 0) is 24.6 Å². The van der Waals surface area contributed by atoms with Gasteiger partial charge in [0.1, 0.15) is 11.8 Å². The Kier molecular flexibility index (Phi) is 5.27. The van der Waals surface area contributed by atoms with Crippen molar-refractivity contribution in [1.82, 2.24) is 5.43 Å². The summed E-state index contributed by atoms with van der Waals surface area (Å²) < 4.78 is 5.32. The molecule has 0 aromatic heterocycles. The summed E-state index contributed by atoms with van der Waals surface area (Å²) in [5.74, 6) is -0.00747. The summed E-state index contributed by atoms with van der Waals surface area (Å²) in [7, 11) is 0. The molecule has 0 unspecified atom stereocenters. The Morgan fingerprint density at radius 2 is 1.86 bits per heavy atom. The molecule has 0 saturated carbocycles. The van der Waals surface area contributed by atoms with Crippen molar-refractivity contribution in [3.63, 3.8) is 0 Å². The van der Waals surface area contributed by atoms with E-state index in [0.29, 0.717) is 17.0 Å². The summed E-state index contributed by atoms with van der Waals surface area (Å²) in [4.78, 5) is 11.7. The normalized spacial score (nSPS) is 10.6. The number of carbonyl (C=O) groups is 1. The first-order chi connectivity index (χ1) is 10.7. The Bertz CT molecular complexity index is 718. The highest BCUT2D eigenvalue weighted by Gasteiger charge is 2.06. The minimum atomic E-state index is -0.386. The van der Waals surface area contributed by atoms with Gasteiger partial charge in [0.2, 0.25) is 0 Å². The van der Waals surface area contributed by atoms with E-state index in [-0.39, 0.29) is 12.5 Å². The summed E-state index contributed by atoms with van der Waals surface area (Å²) >= 11 is 0. The third-order valence-corrected chi connectivity index (χ3v) is 2.91. The monoisotopic (exact) mass is 293 g/mol. The summed E-state index contributed by atoms with van der Waals surface area (Å²) in [6, 6.07) is 18.3. The van der Waals surface area contributed by atoms with Crippen LogP contribution in [0.1, 0.15) is 18.1 Å². The van der Waals surface area contributed by atoms with Crippen molar-refractivity contribution in [1.29, 1.82) is 5.26 Å². The number of hydrazone groups is 1. The molecule has 0 aliphatic carbocycles. The van der Waals surface area contributed by atoms with Gasteiger partial charge in [0.05, 0.1) is 11.3 Å². The van der Waals surface area contributed by atoms with Crippen LogP contribution in [0.25, 0.3) is 0 Å². The van der Waals surface area contributed by atoms with Gasteiger partial charge < -0.3 is 4.74 Å². The average Bonchev–Trinajstić information content (AvgIpc) is 2.58. The Morgan fingerprint density at radius 3 is 2.59 bits per heavy atom. The highest BCUT2D eigenvalue weighted by Crippen LogP contribution is 2.16. The van der Waals surface area contributed by atoms with Gasteiger partial charge in [-0.1, -0.05) is 42.5 Å². The number of hydrogen-bond acceptors (Lipinski definition) is 4. The highest BCUT2D eigenvalue weighted by molar-refractivity contribution is 5.99. The molecule has 0 aliphatic rings. The number of benzene rings is 2. The van der Waals surface area contributed by atoms with E-state index in [1.807, 2.05) is 36.4 Å². The number of carbonyl (C=O) groups excluding carboxylic acids is 1. The van der Waals surface area contributed by atoms with Crippen molar-refractivity contribution in [2.75, 3.05) is 6.61 Å². The number of para-hydroxylation sites is 1. The number of nitrogens with zero attached hydrogens (tertiary/aromatic N) is 2. The van der Waals surface area contributed by atoms with E-state index >= 15 is 0 Å². The van der Waals surface area contributed by atoms with E-state index in [4.69, 9.17) is 10.00 Å². The van der Waals surface area contributed by atoms with Gasteiger partial charge in [-0.15, -0.1) is 0 Å². The molecular weight excluding hydrogens is 278 g/mol. The molecule has 0 fully saturated rings. The molecule has 0 aliphatic heterocycles. The number of nitriles is 1. The zero-order valence-corrected chi connectivity index (χ0v) is 12.1. The maximum atomic E-state index is 11.7. The lowest BCUT2D eigenvalue weighted by Gasteiger charge is -2.07. The average molecular weight is 293 g/mol. The van der Waals surface area contributed by atoms with Crippen LogP contribution in [0.4, 0.5) is 0 Å². The number of rotatable bonds is 5. The second-order valence-electron chi connectivity index (χ2n) is 4.49. The van der Waals surface area contributed by atoms with E-state index in [2.05, 4.69) is 10.5 Å². The molecule has 5 heteroatoms. The maximum Gasteiger partial charge on any atom is 0.277 e. The van der Waals surface area contributed by atoms with E-state index in [0.717, 1.165) is 5.56 Å². The fourth-order valence-electron chi connectivity index (χ4n) is 1.75. The Hall–Kier alpha value is -3.13. The smallest absolute Gasteiger partial charge is 0.277 e. The number of amides is 1. The standard InChI is InChI=1S/C17H15N3O2/c1-13(14-7-3-2-4-8-14)19-20-17(21)12-22-16-10-6-5-9-15(16)11-18/h2-10H,12H2,1H3,(H,20,21)/b19-13-. The molecule has 0 bridgehead atoms. The van der Waals surface area contributed by atoms with Crippen molar-refractivity contribution in [3.8, 4) is 11.8 Å². The lowest BCUT2D eigenvalue weighted by atomic mass is 10.1. The zero-order chi connectivity index (χ0) is 15.8. The van der Waals surface area contributed by atoms with Crippen LogP contribution in [-0.4, -0.2) is 18.2 Å². The molecule has 5 nitrogen and oxygen atoms in total. The van der Waals surface area contributed by atoms with Gasteiger partial charge in [0.25, 0.3) is 5.91 Å². The van der Waals surface area contributed by atoms with Crippen LogP contribution in [0.2, 0.25) is 0 Å². The maximum absolute atomic E-state index is 11.7. The van der Waals surface area contributed by atoms with Crippen molar-refractivity contribution < 1.29 is 9.53 Å². The van der Waals surface area contributed by atoms with Crippen molar-refractivity contribution in [2.24, 2.45) is 5.10 Å². The molecule has 0 spiro atoms. The van der Waals surface area contributed by atoms with Crippen LogP contribution in [0.5, 0.6) is 5.75 Å². The van der Waals surface area contributed by atoms with Gasteiger partial charge in [-0.25, -0.2) is 5.43 Å². The molecule has 22 heavy (non-hydrogen) atoms. The number of ether oxygens (including phenoxy) is 1. The third kappa shape index (κ3) is 4.18. The third-order valence-electron chi connectivity index (χ3n) is 2.91. The van der Waals surface area contributed by atoms with Gasteiger partial charge in [-0.2, -0.15) is 10.4 Å². The molecule has 2 rings (SSSR count). The second-order valence-corrected chi connectivity index (χ2v) is 4.49. The summed E-state index contributed by atoms with van der Waals surface area (Å²) in [5.41, 5.74) is 4.45. The fourth-order valence-corrected chi connectivity index (χ4v) is 1.75. The first kappa shape index (κ1) is 15.3. The predicted octanol–water partition coefficient (Wildman–Crippen LogP) is 2.48. The zero-order valence-electron chi connectivity index (χ0n) is 12.1. The Balaban J connectivity index is 1.90. The second kappa shape index (κ2) is 7.60. The molecule has 0 radical (unpaired) electrons. The predicted molar refractivity (Wildman–Crippen MR) is 83.4 cm³/mol. The summed E-state index contributed by atoms with van der Waals surface area (Å²) in [5, 5.41) is 13.0. The van der Waals surface area contributed by atoms with Gasteiger partial charge in [-0.3, -0.25) is 4.79 Å². The van der Waals surface area contributed by atoms with Crippen LogP contribution < -0.4 is 10.2 Å². The van der Waals surface area contributed by atoms with Crippen LogP contribution in [0.15, 0.2) is 59.7 Å². The lowest BCUT2D eigenvalue weighted by molar-refractivity contribution is -0.123. The number of nitrogens with one attached hydrogen (secondary N) is 1. The van der Waals surface area contributed by atoms with E-state index < -0.39 is 0 Å². The minimum Gasteiger partial charge on any atom is -0.482 e. The molecule has 2 aromatic carbocycles. The quantitative estimate of drug-likeness (QED) is 0.679. The number of hydrogen-bond donors (Lipinski definition) is 1. The molecule has 2 aromatic rings. The molecule has 110 valence electrons. The van der Waals surface area contributed by atoms with E-state index in [9.17, 15) is 4.79 Å². The molecule has 0 saturated heterocycles. The van der Waals surface area contributed by atoms with Gasteiger partial charge in [0, 0.05) is 0 Å². The summed E-state index contributed by atoms with van der Waals surface area (Å²) in [6.07, 6.45) is 0. The highest BCUT2D eigenvalue weighted by atomic mass is 16.5. The first-order valence-corrected chi connectivity index (χ1v) is 6.71. The van der Waals surface area contributed by atoms with Crippen LogP contribution in [0, 0.1) is 11.3 Å². The molecule has 0 heterocycles. The van der Waals surface area contributed by atoms with E-state index in [1.165, 1.54) is 0 Å². The minimum absolute atomic E-state index is 0.204. The van der Waals surface area contributed by atoms with Crippen molar-refractivity contribution in [2.45, 2.75) is 6.92 Å². The van der Waals surface area contributed by atoms with Crippen LogP contribution in [-0.2, 0) is 4.79 Å². The molecule has 0 atom stereocenters. The van der Waals surface area contributed by atoms with E-state index in [1.54, 1.807) is 31.2 Å². The van der Waals surface area contributed by atoms with Crippen molar-refractivity contribution >= 4 is 11.6 Å². The van der Waals surface area contributed by atoms with Gasteiger partial charge >= 0.3 is 0 Å². The topological polar surface area (TPSA) is 74.5 Å². The van der Waals surface area contributed by atoms with Crippen LogP contribution in [0.3, 0.4) is 0 Å². The Labute approximate surface area is 128 Å². The molecular formula is C17H15N3O2. The van der Waals surface area contributed by atoms with Gasteiger partial charge in [0.15, 0.2) is 6.61 Å².